The van der Waals surface area contributed by atoms with Crippen molar-refractivity contribution in [1.29, 1.82) is 0 Å². The Bertz CT molecular complexity index is 645. The monoisotopic (exact) mass is 284 g/mol. The van der Waals surface area contributed by atoms with E-state index in [1.807, 2.05) is 30.3 Å². The Morgan fingerprint density at radius 2 is 1.86 bits per heavy atom. The number of aromatic amines is 1. The Balaban J connectivity index is 1.87. The lowest BCUT2D eigenvalue weighted by Crippen LogP contribution is -2.44. The van der Waals surface area contributed by atoms with Crippen molar-refractivity contribution in [2.75, 3.05) is 33.2 Å². The highest BCUT2D eigenvalue weighted by Crippen LogP contribution is 2.20. The molecule has 2 aromatic rings. The zero-order valence-electron chi connectivity index (χ0n) is 12.2. The van der Waals surface area contributed by atoms with E-state index in [1.54, 1.807) is 6.07 Å². The number of aromatic nitrogens is 2. The van der Waals surface area contributed by atoms with Gasteiger partial charge in [0, 0.05) is 44.4 Å². The summed E-state index contributed by atoms with van der Waals surface area (Å²) in [5.74, 6) is 0. The lowest BCUT2D eigenvalue weighted by molar-refractivity contribution is 0.148. The minimum absolute atomic E-state index is 0.140. The molecule has 1 aliphatic rings. The molecule has 0 unspecified atom stereocenters. The van der Waals surface area contributed by atoms with Crippen LogP contribution in [0.2, 0.25) is 0 Å². The number of likely N-dealkylation sites (N-methyl/N-ethyl adjacent to an activating group) is 1. The number of nitrogens with zero attached hydrogens (tertiary/aromatic N) is 3. The molecular formula is C16H20N4O. The number of piperazine rings is 1. The summed E-state index contributed by atoms with van der Waals surface area (Å²) in [6.07, 6.45) is 0. The van der Waals surface area contributed by atoms with Crippen LogP contribution in [0.15, 0.2) is 41.2 Å². The van der Waals surface area contributed by atoms with Crippen LogP contribution in [0, 0.1) is 0 Å². The van der Waals surface area contributed by atoms with Gasteiger partial charge in [0.2, 0.25) is 0 Å². The van der Waals surface area contributed by atoms with E-state index in [-0.39, 0.29) is 5.56 Å². The predicted molar refractivity (Wildman–Crippen MR) is 83.1 cm³/mol. The maximum atomic E-state index is 11.6. The smallest absolute Gasteiger partial charge is 0.264 e. The Hall–Kier alpha value is -1.98. The largest absolute Gasteiger partial charge is 0.304 e. The molecule has 21 heavy (non-hydrogen) atoms. The van der Waals surface area contributed by atoms with Gasteiger partial charge >= 0.3 is 0 Å². The Kier molecular flexibility index (Phi) is 4.13. The number of hydrogen-bond donors (Lipinski definition) is 1. The summed E-state index contributed by atoms with van der Waals surface area (Å²) in [4.78, 5) is 16.3. The summed E-state index contributed by atoms with van der Waals surface area (Å²) < 4.78 is 0. The number of benzene rings is 1. The molecule has 2 heterocycles. The van der Waals surface area contributed by atoms with Gasteiger partial charge in [0.25, 0.3) is 5.56 Å². The van der Waals surface area contributed by atoms with Crippen LogP contribution in [0.3, 0.4) is 0 Å². The summed E-state index contributed by atoms with van der Waals surface area (Å²) >= 11 is 0. The molecule has 5 nitrogen and oxygen atoms in total. The minimum atomic E-state index is -0.140. The van der Waals surface area contributed by atoms with Crippen LogP contribution in [0.25, 0.3) is 11.3 Å². The van der Waals surface area contributed by atoms with Gasteiger partial charge in [-0.25, -0.2) is 5.10 Å². The summed E-state index contributed by atoms with van der Waals surface area (Å²) in [7, 11) is 2.14. The third-order valence-electron chi connectivity index (χ3n) is 3.92. The molecule has 0 spiro atoms. The van der Waals surface area contributed by atoms with Gasteiger partial charge in [-0.15, -0.1) is 0 Å². The first-order chi connectivity index (χ1) is 10.2. The topological polar surface area (TPSA) is 52.2 Å². The van der Waals surface area contributed by atoms with Crippen molar-refractivity contribution in [1.82, 2.24) is 20.0 Å². The van der Waals surface area contributed by atoms with Crippen molar-refractivity contribution in [2.45, 2.75) is 6.54 Å². The van der Waals surface area contributed by atoms with Crippen LogP contribution < -0.4 is 5.56 Å². The van der Waals surface area contributed by atoms with E-state index in [2.05, 4.69) is 27.0 Å². The highest BCUT2D eigenvalue weighted by Gasteiger charge is 2.16. The molecule has 5 heteroatoms. The van der Waals surface area contributed by atoms with Crippen LogP contribution in [0.1, 0.15) is 5.56 Å². The Morgan fingerprint density at radius 3 is 2.57 bits per heavy atom. The second-order valence-electron chi connectivity index (χ2n) is 5.55. The molecule has 1 aliphatic heterocycles. The Labute approximate surface area is 124 Å². The molecule has 1 fully saturated rings. The maximum Gasteiger partial charge on any atom is 0.264 e. The predicted octanol–water partition coefficient (Wildman–Crippen LogP) is 1.18. The van der Waals surface area contributed by atoms with Crippen LogP contribution >= 0.6 is 0 Å². The SMILES string of the molecule is CN1CCN(Cc2cc(=O)[nH]nc2-c2ccccc2)CC1. The van der Waals surface area contributed by atoms with Crippen molar-refractivity contribution >= 4 is 0 Å². The van der Waals surface area contributed by atoms with Gasteiger partial charge in [-0.1, -0.05) is 30.3 Å². The van der Waals surface area contributed by atoms with E-state index < -0.39 is 0 Å². The molecule has 110 valence electrons. The quantitative estimate of drug-likeness (QED) is 0.920. The molecule has 1 saturated heterocycles. The third kappa shape index (κ3) is 3.37. The van der Waals surface area contributed by atoms with E-state index in [0.29, 0.717) is 0 Å². The van der Waals surface area contributed by atoms with E-state index in [1.165, 1.54) is 0 Å². The highest BCUT2D eigenvalue weighted by molar-refractivity contribution is 5.62. The molecule has 3 rings (SSSR count). The molecule has 0 bridgehead atoms. The summed E-state index contributed by atoms with van der Waals surface area (Å²) in [5, 5.41) is 6.81. The van der Waals surface area contributed by atoms with Gasteiger partial charge in [-0.05, 0) is 12.6 Å². The first-order valence-electron chi connectivity index (χ1n) is 7.27. The molecule has 0 atom stereocenters. The first-order valence-corrected chi connectivity index (χ1v) is 7.27. The van der Waals surface area contributed by atoms with Crippen molar-refractivity contribution in [3.05, 3.63) is 52.3 Å². The molecule has 1 N–H and O–H groups in total. The van der Waals surface area contributed by atoms with E-state index in [4.69, 9.17) is 0 Å². The lowest BCUT2D eigenvalue weighted by Gasteiger charge is -2.32. The normalized spacial score (nSPS) is 17.0. The average Bonchev–Trinajstić information content (AvgIpc) is 2.51. The number of H-pyrrole nitrogens is 1. The first kappa shape index (κ1) is 14.0. The number of nitrogens with one attached hydrogen (secondary N) is 1. The lowest BCUT2D eigenvalue weighted by atomic mass is 10.1. The fraction of sp³-hybridized carbons (Fsp3) is 0.375. The number of hydrogen-bond acceptors (Lipinski definition) is 4. The molecule has 1 aromatic heterocycles. The zero-order valence-corrected chi connectivity index (χ0v) is 12.2. The highest BCUT2D eigenvalue weighted by atomic mass is 16.1. The fourth-order valence-electron chi connectivity index (χ4n) is 2.66. The van der Waals surface area contributed by atoms with Gasteiger partial charge in [0.15, 0.2) is 0 Å². The summed E-state index contributed by atoms with van der Waals surface area (Å²) in [6, 6.07) is 11.7. The molecule has 0 saturated carbocycles. The van der Waals surface area contributed by atoms with E-state index >= 15 is 0 Å². The van der Waals surface area contributed by atoms with Crippen LogP contribution in [-0.2, 0) is 6.54 Å². The molecule has 0 radical (unpaired) electrons. The molecule has 0 aliphatic carbocycles. The molecule has 0 amide bonds. The van der Waals surface area contributed by atoms with Crippen LogP contribution in [-0.4, -0.2) is 53.2 Å². The van der Waals surface area contributed by atoms with Crippen LogP contribution in [0.5, 0.6) is 0 Å². The Morgan fingerprint density at radius 1 is 1.14 bits per heavy atom. The minimum Gasteiger partial charge on any atom is -0.304 e. The van der Waals surface area contributed by atoms with Crippen molar-refractivity contribution in [2.24, 2.45) is 0 Å². The second-order valence-corrected chi connectivity index (χ2v) is 5.55. The van der Waals surface area contributed by atoms with Crippen molar-refractivity contribution in [3.8, 4) is 11.3 Å². The van der Waals surface area contributed by atoms with Crippen molar-refractivity contribution < 1.29 is 0 Å². The van der Waals surface area contributed by atoms with Crippen molar-refractivity contribution in [3.63, 3.8) is 0 Å². The average molecular weight is 284 g/mol. The maximum absolute atomic E-state index is 11.6. The van der Waals surface area contributed by atoms with Crippen LogP contribution in [0.4, 0.5) is 0 Å². The van der Waals surface area contributed by atoms with Gasteiger partial charge in [-0.3, -0.25) is 9.69 Å². The van der Waals surface area contributed by atoms with Gasteiger partial charge in [0.05, 0.1) is 5.69 Å². The van der Waals surface area contributed by atoms with Gasteiger partial charge in [0.1, 0.15) is 0 Å². The molecular weight excluding hydrogens is 264 g/mol. The number of rotatable bonds is 3. The summed E-state index contributed by atoms with van der Waals surface area (Å²) in [5.41, 5.74) is 2.76. The van der Waals surface area contributed by atoms with Gasteiger partial charge in [-0.2, -0.15) is 5.10 Å². The standard InChI is InChI=1S/C16H20N4O/c1-19-7-9-20(10-8-19)12-14-11-15(21)17-18-16(14)13-5-3-2-4-6-13/h2-6,11H,7-10,12H2,1H3,(H,17,21). The van der Waals surface area contributed by atoms with E-state index in [9.17, 15) is 4.79 Å². The fourth-order valence-corrected chi connectivity index (χ4v) is 2.66. The van der Waals surface area contributed by atoms with E-state index in [0.717, 1.165) is 49.5 Å². The second kappa shape index (κ2) is 6.20. The third-order valence-corrected chi connectivity index (χ3v) is 3.92. The summed E-state index contributed by atoms with van der Waals surface area (Å²) in [6.45, 7) is 4.96. The molecule has 1 aromatic carbocycles. The van der Waals surface area contributed by atoms with Gasteiger partial charge < -0.3 is 4.90 Å². The zero-order chi connectivity index (χ0) is 14.7.